The number of nitrogens with one attached hydrogen (secondary N) is 1. The summed E-state index contributed by atoms with van der Waals surface area (Å²) in [5.41, 5.74) is 8.69. The second-order valence-corrected chi connectivity index (χ2v) is 7.32. The van der Waals surface area contributed by atoms with E-state index >= 15 is 0 Å². The summed E-state index contributed by atoms with van der Waals surface area (Å²) in [6.45, 7) is 2.70. The SMILES string of the molecule is CSc1cc(C)ccc1CNC(=O)C1C2CCC(C2)C1N. The molecule has 3 rings (SSSR count). The number of hydrogen-bond donors (Lipinski definition) is 2. The van der Waals surface area contributed by atoms with Crippen molar-refractivity contribution in [3.8, 4) is 0 Å². The van der Waals surface area contributed by atoms with Crippen molar-refractivity contribution in [2.24, 2.45) is 23.5 Å². The Kier molecular flexibility index (Phi) is 4.27. The number of aryl methyl sites for hydroxylation is 1. The molecule has 4 unspecified atom stereocenters. The van der Waals surface area contributed by atoms with Crippen LogP contribution in [0.25, 0.3) is 0 Å². The van der Waals surface area contributed by atoms with Crippen LogP contribution in [0.3, 0.4) is 0 Å². The second kappa shape index (κ2) is 6.01. The van der Waals surface area contributed by atoms with E-state index in [1.165, 1.54) is 28.9 Å². The van der Waals surface area contributed by atoms with E-state index in [1.54, 1.807) is 11.8 Å². The quantitative estimate of drug-likeness (QED) is 0.841. The monoisotopic (exact) mass is 304 g/mol. The number of nitrogens with two attached hydrogens (primary N) is 1. The van der Waals surface area contributed by atoms with Crippen LogP contribution in [0.15, 0.2) is 23.1 Å². The van der Waals surface area contributed by atoms with E-state index in [-0.39, 0.29) is 17.9 Å². The van der Waals surface area contributed by atoms with Crippen molar-refractivity contribution in [1.82, 2.24) is 5.32 Å². The summed E-state index contributed by atoms with van der Waals surface area (Å²) in [5.74, 6) is 1.28. The van der Waals surface area contributed by atoms with Crippen LogP contribution in [-0.4, -0.2) is 18.2 Å². The standard InChI is InChI=1S/C17H24N2OS/c1-10-3-4-13(14(7-10)21-2)9-19-17(20)15-11-5-6-12(8-11)16(15)18/h3-4,7,11-12,15-16H,5-6,8-9,18H2,1-2H3,(H,19,20). The van der Waals surface area contributed by atoms with Crippen molar-refractivity contribution in [3.63, 3.8) is 0 Å². The van der Waals surface area contributed by atoms with Crippen molar-refractivity contribution in [1.29, 1.82) is 0 Å². The molecule has 114 valence electrons. The number of hydrogen-bond acceptors (Lipinski definition) is 3. The third-order valence-corrected chi connectivity index (χ3v) is 6.00. The molecule has 2 bridgehead atoms. The summed E-state index contributed by atoms with van der Waals surface area (Å²) in [5, 5.41) is 3.12. The highest BCUT2D eigenvalue weighted by atomic mass is 32.2. The van der Waals surface area contributed by atoms with Crippen LogP contribution in [0.5, 0.6) is 0 Å². The number of fused-ring (bicyclic) bond motifs is 2. The molecule has 1 amide bonds. The fourth-order valence-corrected chi connectivity index (χ4v) is 4.73. The molecule has 0 heterocycles. The van der Waals surface area contributed by atoms with Crippen molar-refractivity contribution in [2.45, 2.75) is 43.7 Å². The molecule has 4 heteroatoms. The Morgan fingerprint density at radius 1 is 1.38 bits per heavy atom. The molecule has 0 saturated heterocycles. The molecule has 2 aliphatic rings. The summed E-state index contributed by atoms with van der Waals surface area (Å²) in [6, 6.07) is 6.46. The summed E-state index contributed by atoms with van der Waals surface area (Å²) in [6.07, 6.45) is 5.62. The van der Waals surface area contributed by atoms with Gasteiger partial charge < -0.3 is 11.1 Å². The number of carbonyl (C=O) groups excluding carboxylic acids is 1. The number of thioether (sulfide) groups is 1. The van der Waals surface area contributed by atoms with Gasteiger partial charge in [-0.15, -0.1) is 11.8 Å². The zero-order chi connectivity index (χ0) is 15.0. The van der Waals surface area contributed by atoms with E-state index in [0.717, 1.165) is 6.42 Å². The van der Waals surface area contributed by atoms with Gasteiger partial charge in [0.25, 0.3) is 0 Å². The predicted octanol–water partition coefficient (Wildman–Crippen LogP) is 2.71. The first-order valence-electron chi connectivity index (χ1n) is 7.77. The van der Waals surface area contributed by atoms with E-state index in [0.29, 0.717) is 18.4 Å². The molecule has 2 fully saturated rings. The highest BCUT2D eigenvalue weighted by Gasteiger charge is 2.48. The van der Waals surface area contributed by atoms with Gasteiger partial charge in [0.1, 0.15) is 0 Å². The van der Waals surface area contributed by atoms with Gasteiger partial charge in [0, 0.05) is 17.5 Å². The zero-order valence-corrected chi connectivity index (χ0v) is 13.6. The molecule has 1 aromatic carbocycles. The van der Waals surface area contributed by atoms with Gasteiger partial charge in [-0.2, -0.15) is 0 Å². The average Bonchev–Trinajstić information content (AvgIpc) is 3.06. The Labute approximate surface area is 131 Å². The number of amides is 1. The molecule has 0 aromatic heterocycles. The molecule has 0 spiro atoms. The number of carbonyl (C=O) groups is 1. The van der Waals surface area contributed by atoms with E-state index in [4.69, 9.17) is 5.73 Å². The van der Waals surface area contributed by atoms with E-state index < -0.39 is 0 Å². The number of rotatable bonds is 4. The minimum Gasteiger partial charge on any atom is -0.352 e. The largest absolute Gasteiger partial charge is 0.352 e. The third-order valence-electron chi connectivity index (χ3n) is 5.18. The van der Waals surface area contributed by atoms with Gasteiger partial charge in [0.05, 0.1) is 5.92 Å². The highest BCUT2D eigenvalue weighted by molar-refractivity contribution is 7.98. The average molecular weight is 304 g/mol. The van der Waals surface area contributed by atoms with Gasteiger partial charge in [-0.25, -0.2) is 0 Å². The molecule has 21 heavy (non-hydrogen) atoms. The van der Waals surface area contributed by atoms with Gasteiger partial charge >= 0.3 is 0 Å². The molecule has 4 atom stereocenters. The first kappa shape index (κ1) is 14.9. The highest BCUT2D eigenvalue weighted by Crippen LogP contribution is 2.47. The van der Waals surface area contributed by atoms with Crippen LogP contribution in [0.1, 0.15) is 30.4 Å². The lowest BCUT2D eigenvalue weighted by atomic mass is 9.84. The third kappa shape index (κ3) is 2.84. The number of benzene rings is 1. The minimum absolute atomic E-state index is 0.0342. The Morgan fingerprint density at radius 2 is 2.14 bits per heavy atom. The molecular weight excluding hydrogens is 280 g/mol. The van der Waals surface area contributed by atoms with Crippen molar-refractivity contribution in [2.75, 3.05) is 6.26 Å². The van der Waals surface area contributed by atoms with Gasteiger partial charge in [0.2, 0.25) is 5.91 Å². The Bertz CT molecular complexity index is 544. The van der Waals surface area contributed by atoms with E-state index in [1.807, 2.05) is 0 Å². The molecule has 3 N–H and O–H groups in total. The minimum atomic E-state index is 0.0342. The van der Waals surface area contributed by atoms with E-state index in [9.17, 15) is 4.79 Å². The molecular formula is C17H24N2OS. The maximum atomic E-state index is 12.5. The smallest absolute Gasteiger partial charge is 0.225 e. The van der Waals surface area contributed by atoms with Crippen molar-refractivity contribution < 1.29 is 4.79 Å². The summed E-state index contributed by atoms with van der Waals surface area (Å²) in [7, 11) is 0. The summed E-state index contributed by atoms with van der Waals surface area (Å²) >= 11 is 1.73. The molecule has 1 aromatic rings. The normalized spacial score (nSPS) is 30.6. The zero-order valence-electron chi connectivity index (χ0n) is 12.8. The van der Waals surface area contributed by atoms with Crippen LogP contribution < -0.4 is 11.1 Å². The fourth-order valence-electron chi connectivity index (χ4n) is 4.02. The maximum Gasteiger partial charge on any atom is 0.225 e. The first-order chi connectivity index (χ1) is 10.1. The maximum absolute atomic E-state index is 12.5. The van der Waals surface area contributed by atoms with Gasteiger partial charge in [0.15, 0.2) is 0 Å². The van der Waals surface area contributed by atoms with Crippen LogP contribution in [0.4, 0.5) is 0 Å². The van der Waals surface area contributed by atoms with Gasteiger partial charge in [-0.05, 0) is 61.5 Å². The summed E-state index contributed by atoms with van der Waals surface area (Å²) in [4.78, 5) is 13.7. The van der Waals surface area contributed by atoms with Crippen LogP contribution in [0, 0.1) is 24.7 Å². The lowest BCUT2D eigenvalue weighted by Gasteiger charge is -2.27. The molecule has 0 radical (unpaired) electrons. The summed E-state index contributed by atoms with van der Waals surface area (Å²) < 4.78 is 0. The Morgan fingerprint density at radius 3 is 2.81 bits per heavy atom. The first-order valence-corrected chi connectivity index (χ1v) is 8.99. The lowest BCUT2D eigenvalue weighted by Crippen LogP contribution is -2.45. The van der Waals surface area contributed by atoms with Crippen molar-refractivity contribution in [3.05, 3.63) is 29.3 Å². The molecule has 2 saturated carbocycles. The predicted molar refractivity (Wildman–Crippen MR) is 87.1 cm³/mol. The van der Waals surface area contributed by atoms with Gasteiger partial charge in [-0.3, -0.25) is 4.79 Å². The molecule has 2 aliphatic carbocycles. The van der Waals surface area contributed by atoms with Crippen LogP contribution in [-0.2, 0) is 11.3 Å². The Balaban J connectivity index is 1.64. The van der Waals surface area contributed by atoms with Gasteiger partial charge in [-0.1, -0.05) is 12.1 Å². The van der Waals surface area contributed by atoms with Crippen LogP contribution in [0.2, 0.25) is 0 Å². The topological polar surface area (TPSA) is 55.1 Å². The Hall–Kier alpha value is -1.00. The molecule has 0 aliphatic heterocycles. The van der Waals surface area contributed by atoms with Crippen LogP contribution >= 0.6 is 11.8 Å². The second-order valence-electron chi connectivity index (χ2n) is 6.47. The fraction of sp³-hybridized carbons (Fsp3) is 0.588. The van der Waals surface area contributed by atoms with E-state index in [2.05, 4.69) is 36.7 Å². The lowest BCUT2D eigenvalue weighted by molar-refractivity contribution is -0.127. The van der Waals surface area contributed by atoms with Crippen molar-refractivity contribution >= 4 is 17.7 Å². The molecule has 3 nitrogen and oxygen atoms in total.